The maximum absolute atomic E-state index is 11.4. The van der Waals surface area contributed by atoms with Gasteiger partial charge in [0.1, 0.15) is 0 Å². The van der Waals surface area contributed by atoms with Crippen LogP contribution in [0.5, 0.6) is 0 Å². The largest absolute Gasteiger partial charge is 0.481 e. The molecule has 0 saturated heterocycles. The molecule has 1 unspecified atom stereocenters. The maximum atomic E-state index is 11.4. The van der Waals surface area contributed by atoms with Crippen molar-refractivity contribution in [2.75, 3.05) is 14.1 Å². The second kappa shape index (κ2) is 9.88. The van der Waals surface area contributed by atoms with Crippen LogP contribution in [0, 0.1) is 0 Å². The van der Waals surface area contributed by atoms with Gasteiger partial charge in [-0.15, -0.1) is 0 Å². The van der Waals surface area contributed by atoms with Gasteiger partial charge in [-0.25, -0.2) is 0 Å². The van der Waals surface area contributed by atoms with Gasteiger partial charge in [0.05, 0.1) is 0 Å². The second-order valence-electron chi connectivity index (χ2n) is 4.71. The normalized spacial score (nSPS) is 12.4. The van der Waals surface area contributed by atoms with Gasteiger partial charge in [0.25, 0.3) is 0 Å². The molecule has 18 heavy (non-hydrogen) atoms. The Morgan fingerprint density at radius 1 is 1.06 bits per heavy atom. The molecule has 5 nitrogen and oxygen atoms in total. The average molecular weight is 259 g/mol. The molecule has 0 aromatic rings. The zero-order chi connectivity index (χ0) is 14.0. The van der Waals surface area contributed by atoms with Gasteiger partial charge >= 0.3 is 11.9 Å². The average Bonchev–Trinajstić information content (AvgIpc) is 2.27. The van der Waals surface area contributed by atoms with Crippen LogP contribution in [0.15, 0.2) is 0 Å². The van der Waals surface area contributed by atoms with Crippen LogP contribution in [-0.4, -0.2) is 42.3 Å². The Bertz CT molecular complexity index is 253. The summed E-state index contributed by atoms with van der Waals surface area (Å²) < 4.78 is 5.18. The number of esters is 1. The van der Waals surface area contributed by atoms with Crippen molar-refractivity contribution < 1.29 is 19.4 Å². The summed E-state index contributed by atoms with van der Waals surface area (Å²) in [5, 5.41) is 8.45. The second-order valence-corrected chi connectivity index (χ2v) is 4.71. The van der Waals surface area contributed by atoms with Crippen LogP contribution >= 0.6 is 0 Å². The van der Waals surface area contributed by atoms with Crippen molar-refractivity contribution in [2.45, 2.75) is 58.1 Å². The van der Waals surface area contributed by atoms with Crippen molar-refractivity contribution >= 4 is 11.9 Å². The van der Waals surface area contributed by atoms with Crippen molar-refractivity contribution in [1.82, 2.24) is 4.90 Å². The van der Waals surface area contributed by atoms with E-state index in [0.717, 1.165) is 32.1 Å². The van der Waals surface area contributed by atoms with Crippen molar-refractivity contribution in [2.24, 2.45) is 0 Å². The molecule has 0 heterocycles. The third kappa shape index (κ3) is 10.1. The maximum Gasteiger partial charge on any atom is 0.307 e. The van der Waals surface area contributed by atoms with Gasteiger partial charge in [-0.3, -0.25) is 14.5 Å². The van der Waals surface area contributed by atoms with E-state index in [1.807, 2.05) is 25.9 Å². The molecule has 0 fully saturated rings. The molecule has 106 valence electrons. The van der Waals surface area contributed by atoms with Gasteiger partial charge in [-0.1, -0.05) is 19.3 Å². The van der Waals surface area contributed by atoms with Crippen molar-refractivity contribution in [1.29, 1.82) is 0 Å². The predicted molar refractivity (Wildman–Crippen MR) is 69.2 cm³/mol. The van der Waals surface area contributed by atoms with Gasteiger partial charge in [-0.05, 0) is 33.9 Å². The van der Waals surface area contributed by atoms with Crippen LogP contribution in [0.4, 0.5) is 0 Å². The van der Waals surface area contributed by atoms with Crippen molar-refractivity contribution in [3.63, 3.8) is 0 Å². The Morgan fingerprint density at radius 3 is 2.06 bits per heavy atom. The first-order valence-corrected chi connectivity index (χ1v) is 6.51. The highest BCUT2D eigenvalue weighted by molar-refractivity contribution is 5.69. The number of carboxylic acids is 1. The summed E-state index contributed by atoms with van der Waals surface area (Å²) in [6.07, 6.45) is 4.86. The van der Waals surface area contributed by atoms with E-state index in [1.165, 1.54) is 0 Å². The van der Waals surface area contributed by atoms with E-state index in [2.05, 4.69) is 0 Å². The molecule has 0 spiro atoms. The fourth-order valence-corrected chi connectivity index (χ4v) is 1.43. The number of hydrogen-bond donors (Lipinski definition) is 1. The molecule has 0 aliphatic rings. The first kappa shape index (κ1) is 16.9. The molecule has 0 rings (SSSR count). The molecule has 1 N–H and O–H groups in total. The topological polar surface area (TPSA) is 66.8 Å². The molecule has 0 radical (unpaired) electrons. The van der Waals surface area contributed by atoms with Gasteiger partial charge in [-0.2, -0.15) is 0 Å². The van der Waals surface area contributed by atoms with Crippen molar-refractivity contribution in [3.05, 3.63) is 0 Å². The highest BCUT2D eigenvalue weighted by Crippen LogP contribution is 2.08. The Balaban J connectivity index is 3.38. The quantitative estimate of drug-likeness (QED) is 0.370. The first-order chi connectivity index (χ1) is 8.43. The van der Waals surface area contributed by atoms with Gasteiger partial charge in [0.2, 0.25) is 0 Å². The molecule has 0 aliphatic carbocycles. The molecule has 0 bridgehead atoms. The molecule has 0 aromatic heterocycles. The molecule has 5 heteroatoms. The van der Waals surface area contributed by atoms with E-state index in [9.17, 15) is 9.59 Å². The lowest BCUT2D eigenvalue weighted by Crippen LogP contribution is -2.29. The minimum Gasteiger partial charge on any atom is -0.481 e. The fourth-order valence-electron chi connectivity index (χ4n) is 1.43. The van der Waals surface area contributed by atoms with Crippen LogP contribution in [-0.2, 0) is 14.3 Å². The van der Waals surface area contributed by atoms with Crippen LogP contribution < -0.4 is 0 Å². The summed E-state index contributed by atoms with van der Waals surface area (Å²) in [6.45, 7) is 1.84. The monoisotopic (exact) mass is 259 g/mol. The summed E-state index contributed by atoms with van der Waals surface area (Å²) in [5.41, 5.74) is 0. The van der Waals surface area contributed by atoms with E-state index in [4.69, 9.17) is 9.84 Å². The van der Waals surface area contributed by atoms with Gasteiger partial charge in [0, 0.05) is 12.8 Å². The molecule has 0 aromatic carbocycles. The van der Waals surface area contributed by atoms with Crippen LogP contribution in [0.3, 0.4) is 0 Å². The third-order valence-electron chi connectivity index (χ3n) is 2.80. The van der Waals surface area contributed by atoms with Crippen LogP contribution in [0.25, 0.3) is 0 Å². The molecule has 0 aliphatic heterocycles. The molecule has 0 saturated carbocycles. The highest BCUT2D eigenvalue weighted by Gasteiger charge is 2.10. The fraction of sp³-hybridized carbons (Fsp3) is 0.846. The Morgan fingerprint density at radius 2 is 1.56 bits per heavy atom. The van der Waals surface area contributed by atoms with E-state index in [-0.39, 0.29) is 18.6 Å². The molecular weight excluding hydrogens is 234 g/mol. The van der Waals surface area contributed by atoms with Gasteiger partial charge < -0.3 is 9.84 Å². The molecule has 1 atom stereocenters. The summed E-state index contributed by atoms with van der Waals surface area (Å²) in [7, 11) is 3.72. The number of rotatable bonds is 10. The number of ether oxygens (including phenoxy) is 1. The SMILES string of the molecule is CC(OC(=O)CCCCCCCC(=O)O)N(C)C. The van der Waals surface area contributed by atoms with Gasteiger partial charge in [0.15, 0.2) is 6.23 Å². The third-order valence-corrected chi connectivity index (χ3v) is 2.80. The van der Waals surface area contributed by atoms with Crippen molar-refractivity contribution in [3.8, 4) is 0 Å². The smallest absolute Gasteiger partial charge is 0.307 e. The Hall–Kier alpha value is -1.10. The number of carbonyl (C=O) groups excluding carboxylic acids is 1. The Labute approximate surface area is 109 Å². The number of aliphatic carboxylic acids is 1. The summed E-state index contributed by atoms with van der Waals surface area (Å²) in [4.78, 5) is 23.5. The van der Waals surface area contributed by atoms with Crippen LogP contribution in [0.1, 0.15) is 51.9 Å². The Kier molecular flexibility index (Phi) is 9.28. The first-order valence-electron chi connectivity index (χ1n) is 6.51. The summed E-state index contributed by atoms with van der Waals surface area (Å²) >= 11 is 0. The minimum absolute atomic E-state index is 0.165. The van der Waals surface area contributed by atoms with E-state index in [1.54, 1.807) is 0 Å². The lowest BCUT2D eigenvalue weighted by atomic mass is 10.1. The standard InChI is InChI=1S/C13H25NO4/c1-11(14(2)3)18-13(17)10-8-6-4-5-7-9-12(15)16/h11H,4-10H2,1-3H3,(H,15,16). The van der Waals surface area contributed by atoms with E-state index in [0.29, 0.717) is 6.42 Å². The van der Waals surface area contributed by atoms with E-state index < -0.39 is 5.97 Å². The summed E-state index contributed by atoms with van der Waals surface area (Å²) in [5.74, 6) is -0.905. The van der Waals surface area contributed by atoms with Crippen LogP contribution in [0.2, 0.25) is 0 Å². The lowest BCUT2D eigenvalue weighted by Gasteiger charge is -2.19. The summed E-state index contributed by atoms with van der Waals surface area (Å²) in [6, 6.07) is 0. The molecule has 0 amide bonds. The lowest BCUT2D eigenvalue weighted by molar-refractivity contribution is -0.155. The zero-order valence-electron chi connectivity index (χ0n) is 11.6. The molecular formula is C13H25NO4. The van der Waals surface area contributed by atoms with E-state index >= 15 is 0 Å². The number of carbonyl (C=O) groups is 2. The number of nitrogens with zero attached hydrogens (tertiary/aromatic N) is 1. The highest BCUT2D eigenvalue weighted by atomic mass is 16.6. The minimum atomic E-state index is -0.740. The number of hydrogen-bond acceptors (Lipinski definition) is 4. The predicted octanol–water partition coefficient (Wildman–Crippen LogP) is 2.25. The number of unbranched alkanes of at least 4 members (excludes halogenated alkanes) is 4. The number of carboxylic acid groups (broad SMARTS) is 1. The zero-order valence-corrected chi connectivity index (χ0v) is 11.6.